The summed E-state index contributed by atoms with van der Waals surface area (Å²) >= 11 is 1.41. The van der Waals surface area contributed by atoms with Gasteiger partial charge in [0.2, 0.25) is 10.0 Å². The van der Waals surface area contributed by atoms with E-state index in [2.05, 4.69) is 9.71 Å². The molecule has 1 aromatic heterocycles. The van der Waals surface area contributed by atoms with Crippen LogP contribution in [0.3, 0.4) is 0 Å². The SMILES string of the molecule is COc1cc(CN)ccc1S(=O)(=O)NCc1cscn1. The molecule has 0 unspecified atom stereocenters. The summed E-state index contributed by atoms with van der Waals surface area (Å²) in [5.74, 6) is 0.277. The molecule has 0 spiro atoms. The molecule has 0 aliphatic carbocycles. The van der Waals surface area contributed by atoms with Crippen molar-refractivity contribution in [2.45, 2.75) is 18.0 Å². The minimum absolute atomic E-state index is 0.0902. The standard InChI is InChI=1S/C12H15N3O3S2/c1-18-11-4-9(5-13)2-3-12(11)20(16,17)15-6-10-7-19-8-14-10/h2-4,7-8,15H,5-6,13H2,1H3. The fraction of sp³-hybridized carbons (Fsp3) is 0.250. The van der Waals surface area contributed by atoms with Gasteiger partial charge in [-0.1, -0.05) is 6.07 Å². The van der Waals surface area contributed by atoms with Crippen molar-refractivity contribution in [3.63, 3.8) is 0 Å². The molecule has 0 fully saturated rings. The Kier molecular flexibility index (Phi) is 4.71. The lowest BCUT2D eigenvalue weighted by Crippen LogP contribution is -2.24. The van der Waals surface area contributed by atoms with Crippen LogP contribution in [0, 0.1) is 0 Å². The predicted octanol–water partition coefficient (Wildman–Crippen LogP) is 1.09. The van der Waals surface area contributed by atoms with Crippen molar-refractivity contribution in [3.8, 4) is 5.75 Å². The van der Waals surface area contributed by atoms with Gasteiger partial charge in [0, 0.05) is 11.9 Å². The zero-order valence-electron chi connectivity index (χ0n) is 10.9. The van der Waals surface area contributed by atoms with Crippen LogP contribution in [0.15, 0.2) is 34.0 Å². The number of hydrogen-bond donors (Lipinski definition) is 2. The van der Waals surface area contributed by atoms with Crippen LogP contribution < -0.4 is 15.2 Å². The molecule has 0 amide bonds. The monoisotopic (exact) mass is 313 g/mol. The minimum atomic E-state index is -3.66. The number of ether oxygens (including phenoxy) is 1. The molecular formula is C12H15N3O3S2. The number of aromatic nitrogens is 1. The predicted molar refractivity (Wildman–Crippen MR) is 77.0 cm³/mol. The highest BCUT2D eigenvalue weighted by Gasteiger charge is 2.19. The summed E-state index contributed by atoms with van der Waals surface area (Å²) in [6.07, 6.45) is 0. The largest absolute Gasteiger partial charge is 0.495 e. The van der Waals surface area contributed by atoms with E-state index in [1.54, 1.807) is 23.0 Å². The molecule has 1 heterocycles. The Morgan fingerprint density at radius 2 is 2.25 bits per heavy atom. The molecule has 6 nitrogen and oxygen atoms in total. The van der Waals surface area contributed by atoms with Crippen molar-refractivity contribution >= 4 is 21.4 Å². The average molecular weight is 313 g/mol. The normalized spacial score (nSPS) is 11.5. The zero-order valence-corrected chi connectivity index (χ0v) is 12.5. The van der Waals surface area contributed by atoms with Gasteiger partial charge in [0.25, 0.3) is 0 Å². The van der Waals surface area contributed by atoms with Gasteiger partial charge in [-0.2, -0.15) is 0 Å². The van der Waals surface area contributed by atoms with Gasteiger partial charge in [-0.15, -0.1) is 11.3 Å². The van der Waals surface area contributed by atoms with Crippen LogP contribution in [-0.4, -0.2) is 20.5 Å². The smallest absolute Gasteiger partial charge is 0.244 e. The molecule has 0 bridgehead atoms. The van der Waals surface area contributed by atoms with Gasteiger partial charge in [0.1, 0.15) is 10.6 Å². The van der Waals surface area contributed by atoms with E-state index in [1.165, 1.54) is 24.5 Å². The summed E-state index contributed by atoms with van der Waals surface area (Å²) in [6.45, 7) is 0.469. The number of hydrogen-bond acceptors (Lipinski definition) is 6. The molecule has 1 aromatic carbocycles. The Morgan fingerprint density at radius 3 is 2.85 bits per heavy atom. The number of thiazole rings is 1. The van der Waals surface area contributed by atoms with Crippen molar-refractivity contribution < 1.29 is 13.2 Å². The molecule has 0 saturated heterocycles. The molecule has 108 valence electrons. The highest BCUT2D eigenvalue weighted by molar-refractivity contribution is 7.89. The Morgan fingerprint density at radius 1 is 1.45 bits per heavy atom. The molecule has 0 aliphatic heterocycles. The van der Waals surface area contributed by atoms with Crippen LogP contribution >= 0.6 is 11.3 Å². The van der Waals surface area contributed by atoms with Crippen molar-refractivity contribution in [2.75, 3.05) is 7.11 Å². The maximum absolute atomic E-state index is 12.3. The maximum atomic E-state index is 12.3. The summed E-state index contributed by atoms with van der Waals surface area (Å²) in [5, 5.41) is 1.79. The highest BCUT2D eigenvalue weighted by Crippen LogP contribution is 2.24. The van der Waals surface area contributed by atoms with Crippen molar-refractivity contribution in [1.82, 2.24) is 9.71 Å². The van der Waals surface area contributed by atoms with Crippen LogP contribution in [0.5, 0.6) is 5.75 Å². The molecule has 20 heavy (non-hydrogen) atoms. The molecule has 0 saturated carbocycles. The van der Waals surface area contributed by atoms with Crippen molar-refractivity contribution in [2.24, 2.45) is 5.73 Å². The lowest BCUT2D eigenvalue weighted by molar-refractivity contribution is 0.401. The number of nitrogens with two attached hydrogens (primary N) is 1. The summed E-state index contributed by atoms with van der Waals surface area (Å²) in [7, 11) is -2.23. The van der Waals surface area contributed by atoms with Gasteiger partial charge >= 0.3 is 0 Å². The zero-order chi connectivity index (χ0) is 14.6. The lowest BCUT2D eigenvalue weighted by Gasteiger charge is -2.11. The van der Waals surface area contributed by atoms with Crippen LogP contribution in [0.2, 0.25) is 0 Å². The number of rotatable bonds is 6. The molecular weight excluding hydrogens is 298 g/mol. The van der Waals surface area contributed by atoms with Crippen LogP contribution in [0.1, 0.15) is 11.3 Å². The number of sulfonamides is 1. The molecule has 3 N–H and O–H groups in total. The second kappa shape index (κ2) is 6.31. The van der Waals surface area contributed by atoms with Crippen LogP contribution in [0.25, 0.3) is 0 Å². The second-order valence-corrected chi connectivity index (χ2v) is 6.45. The summed E-state index contributed by atoms with van der Waals surface area (Å²) in [6, 6.07) is 4.78. The highest BCUT2D eigenvalue weighted by atomic mass is 32.2. The summed E-state index contributed by atoms with van der Waals surface area (Å²) < 4.78 is 32.1. The maximum Gasteiger partial charge on any atom is 0.244 e. The average Bonchev–Trinajstić information content (AvgIpc) is 2.97. The number of nitrogens with one attached hydrogen (secondary N) is 1. The molecule has 0 atom stereocenters. The number of benzene rings is 1. The quantitative estimate of drug-likeness (QED) is 0.832. The fourth-order valence-electron chi connectivity index (χ4n) is 1.63. The van der Waals surface area contributed by atoms with Gasteiger partial charge in [-0.05, 0) is 17.7 Å². The molecule has 2 aromatic rings. The van der Waals surface area contributed by atoms with E-state index in [9.17, 15) is 8.42 Å². The minimum Gasteiger partial charge on any atom is -0.495 e. The molecule has 0 aliphatic rings. The van der Waals surface area contributed by atoms with E-state index < -0.39 is 10.0 Å². The Bertz CT molecular complexity index is 669. The first-order valence-electron chi connectivity index (χ1n) is 5.80. The van der Waals surface area contributed by atoms with E-state index in [0.29, 0.717) is 12.2 Å². The molecule has 8 heteroatoms. The third-order valence-corrected chi connectivity index (χ3v) is 4.76. The van der Waals surface area contributed by atoms with Crippen LogP contribution in [-0.2, 0) is 23.1 Å². The third kappa shape index (κ3) is 3.34. The Balaban J connectivity index is 2.24. The van der Waals surface area contributed by atoms with E-state index in [1.807, 2.05) is 0 Å². The van der Waals surface area contributed by atoms with Crippen LogP contribution in [0.4, 0.5) is 0 Å². The second-order valence-electron chi connectivity index (χ2n) is 3.99. The topological polar surface area (TPSA) is 94.3 Å². The van der Waals surface area contributed by atoms with Gasteiger partial charge < -0.3 is 10.5 Å². The van der Waals surface area contributed by atoms with E-state index >= 15 is 0 Å². The van der Waals surface area contributed by atoms with E-state index in [0.717, 1.165) is 5.56 Å². The number of nitrogens with zero attached hydrogens (tertiary/aromatic N) is 1. The summed E-state index contributed by atoms with van der Waals surface area (Å²) in [4.78, 5) is 4.12. The molecule has 2 rings (SSSR count). The van der Waals surface area contributed by atoms with Gasteiger partial charge in [-0.3, -0.25) is 0 Å². The lowest BCUT2D eigenvalue weighted by atomic mass is 10.2. The molecule has 0 radical (unpaired) electrons. The fourth-order valence-corrected chi connectivity index (χ4v) is 3.34. The van der Waals surface area contributed by atoms with Crippen molar-refractivity contribution in [3.05, 3.63) is 40.3 Å². The third-order valence-electron chi connectivity index (χ3n) is 2.68. The van der Waals surface area contributed by atoms with E-state index in [4.69, 9.17) is 10.5 Å². The summed E-state index contributed by atoms with van der Waals surface area (Å²) in [5.41, 5.74) is 8.66. The number of methoxy groups -OCH3 is 1. The first-order valence-corrected chi connectivity index (χ1v) is 8.23. The van der Waals surface area contributed by atoms with Gasteiger partial charge in [0.15, 0.2) is 0 Å². The van der Waals surface area contributed by atoms with Gasteiger partial charge in [0.05, 0.1) is 24.9 Å². The van der Waals surface area contributed by atoms with Crippen molar-refractivity contribution in [1.29, 1.82) is 0 Å². The van der Waals surface area contributed by atoms with Gasteiger partial charge in [-0.25, -0.2) is 18.1 Å². The van der Waals surface area contributed by atoms with E-state index in [-0.39, 0.29) is 17.2 Å². The Hall–Kier alpha value is -1.48. The first kappa shape index (κ1) is 14.9. The first-order chi connectivity index (χ1) is 9.56. The Labute approximate surface area is 121 Å².